The first kappa shape index (κ1) is 11.7. The van der Waals surface area contributed by atoms with Gasteiger partial charge in [-0.25, -0.2) is 9.78 Å². The van der Waals surface area contributed by atoms with Crippen molar-refractivity contribution in [3.63, 3.8) is 0 Å². The Bertz CT molecular complexity index is 616. The Labute approximate surface area is 100 Å². The summed E-state index contributed by atoms with van der Waals surface area (Å²) in [7, 11) is 0. The van der Waals surface area contributed by atoms with E-state index >= 15 is 0 Å². The van der Waals surface area contributed by atoms with Crippen LogP contribution < -0.4 is 5.56 Å². The maximum absolute atomic E-state index is 11.7. The van der Waals surface area contributed by atoms with Crippen molar-refractivity contribution in [2.24, 2.45) is 0 Å². The van der Waals surface area contributed by atoms with Crippen LogP contribution >= 0.6 is 11.3 Å². The third-order valence-corrected chi connectivity index (χ3v) is 3.05. The van der Waals surface area contributed by atoms with Gasteiger partial charge in [0.1, 0.15) is 6.61 Å². The summed E-state index contributed by atoms with van der Waals surface area (Å²) in [6.45, 7) is 1.45. The van der Waals surface area contributed by atoms with E-state index in [1.165, 1.54) is 21.8 Å². The summed E-state index contributed by atoms with van der Waals surface area (Å²) >= 11 is 1.36. The smallest absolute Gasteiger partial charge is 0.329 e. The fourth-order valence-electron chi connectivity index (χ4n) is 1.42. The van der Waals surface area contributed by atoms with Crippen LogP contribution in [-0.4, -0.2) is 27.1 Å². The minimum absolute atomic E-state index is 0.0228. The number of nitrogens with zero attached hydrogens (tertiary/aromatic N) is 2. The van der Waals surface area contributed by atoms with Gasteiger partial charge >= 0.3 is 5.97 Å². The first-order valence-corrected chi connectivity index (χ1v) is 5.72. The van der Waals surface area contributed by atoms with E-state index in [-0.39, 0.29) is 12.2 Å². The summed E-state index contributed by atoms with van der Waals surface area (Å²) in [4.78, 5) is 26.8. The standard InChI is InChI=1S/C10H10N2O4S/c1-6-5-17-10-11-7(2-8(13)12(6)10)3-16-4-9(14)15/h2,5H,3-4H2,1H3,(H,14,15). The summed E-state index contributed by atoms with van der Waals surface area (Å²) in [6, 6.07) is 1.36. The molecule has 0 atom stereocenters. The Morgan fingerprint density at radius 1 is 1.65 bits per heavy atom. The molecule has 0 spiro atoms. The molecule has 17 heavy (non-hydrogen) atoms. The van der Waals surface area contributed by atoms with Gasteiger partial charge in [-0.3, -0.25) is 9.20 Å². The highest BCUT2D eigenvalue weighted by Gasteiger charge is 2.07. The second-order valence-corrected chi connectivity index (χ2v) is 4.30. The van der Waals surface area contributed by atoms with E-state index in [4.69, 9.17) is 9.84 Å². The average Bonchev–Trinajstić information content (AvgIpc) is 2.60. The summed E-state index contributed by atoms with van der Waals surface area (Å²) in [5.41, 5.74) is 1.10. The molecule has 0 aliphatic rings. The topological polar surface area (TPSA) is 80.9 Å². The predicted molar refractivity (Wildman–Crippen MR) is 61.4 cm³/mol. The molecule has 0 aliphatic heterocycles. The lowest BCUT2D eigenvalue weighted by Gasteiger charge is -2.01. The van der Waals surface area contributed by atoms with E-state index in [9.17, 15) is 9.59 Å². The van der Waals surface area contributed by atoms with Gasteiger partial charge in [-0.1, -0.05) is 0 Å². The number of rotatable bonds is 4. The summed E-state index contributed by atoms with van der Waals surface area (Å²) < 4.78 is 6.39. The first-order valence-electron chi connectivity index (χ1n) is 4.84. The van der Waals surface area contributed by atoms with Gasteiger partial charge in [0.05, 0.1) is 12.3 Å². The number of aliphatic carboxylic acids is 1. The van der Waals surface area contributed by atoms with Crippen LogP contribution in [0.3, 0.4) is 0 Å². The van der Waals surface area contributed by atoms with Crippen LogP contribution in [-0.2, 0) is 16.1 Å². The van der Waals surface area contributed by atoms with Gasteiger partial charge in [0.25, 0.3) is 5.56 Å². The molecular weight excluding hydrogens is 244 g/mol. The summed E-state index contributed by atoms with van der Waals surface area (Å²) in [6.07, 6.45) is 0. The zero-order valence-corrected chi connectivity index (χ0v) is 9.86. The van der Waals surface area contributed by atoms with E-state index < -0.39 is 12.6 Å². The molecule has 0 amide bonds. The molecule has 0 saturated carbocycles. The molecule has 0 aliphatic carbocycles. The number of aryl methyl sites for hydroxylation is 1. The van der Waals surface area contributed by atoms with Gasteiger partial charge in [0.15, 0.2) is 4.96 Å². The highest BCUT2D eigenvalue weighted by molar-refractivity contribution is 7.15. The van der Waals surface area contributed by atoms with Gasteiger partial charge < -0.3 is 9.84 Å². The molecule has 1 N–H and O–H groups in total. The lowest BCUT2D eigenvalue weighted by atomic mass is 10.4. The van der Waals surface area contributed by atoms with Crippen molar-refractivity contribution in [3.05, 3.63) is 33.2 Å². The normalized spacial score (nSPS) is 10.9. The summed E-state index contributed by atoms with van der Waals surface area (Å²) in [5, 5.41) is 10.3. The van der Waals surface area contributed by atoms with Crippen LogP contribution in [0.25, 0.3) is 4.96 Å². The molecule has 6 nitrogen and oxygen atoms in total. The molecule has 0 fully saturated rings. The van der Waals surface area contributed by atoms with E-state index in [1.54, 1.807) is 0 Å². The number of carbonyl (C=O) groups is 1. The van der Waals surface area contributed by atoms with Gasteiger partial charge in [-0.2, -0.15) is 0 Å². The molecule has 0 unspecified atom stereocenters. The van der Waals surface area contributed by atoms with Crippen LogP contribution in [0.1, 0.15) is 11.4 Å². The van der Waals surface area contributed by atoms with Crippen molar-refractivity contribution in [2.75, 3.05) is 6.61 Å². The minimum atomic E-state index is -1.05. The maximum atomic E-state index is 11.7. The van der Waals surface area contributed by atoms with Crippen molar-refractivity contribution >= 4 is 22.3 Å². The minimum Gasteiger partial charge on any atom is -0.480 e. The molecule has 2 rings (SSSR count). The quantitative estimate of drug-likeness (QED) is 0.867. The predicted octanol–water partition coefficient (Wildman–Crippen LogP) is 0.666. The fraction of sp³-hybridized carbons (Fsp3) is 0.300. The fourth-order valence-corrected chi connectivity index (χ4v) is 2.31. The number of hydrogen-bond acceptors (Lipinski definition) is 5. The van der Waals surface area contributed by atoms with Crippen LogP contribution in [0.4, 0.5) is 0 Å². The molecule has 90 valence electrons. The summed E-state index contributed by atoms with van der Waals surface area (Å²) in [5.74, 6) is -1.05. The molecule has 2 aromatic rings. The molecule has 0 radical (unpaired) electrons. The number of carboxylic acid groups (broad SMARTS) is 1. The largest absolute Gasteiger partial charge is 0.480 e. The van der Waals surface area contributed by atoms with E-state index in [1.807, 2.05) is 12.3 Å². The Morgan fingerprint density at radius 2 is 2.41 bits per heavy atom. The third-order valence-electron chi connectivity index (χ3n) is 2.10. The van der Waals surface area contributed by atoms with Crippen LogP contribution in [0.2, 0.25) is 0 Å². The number of thiazole rings is 1. The SMILES string of the molecule is Cc1csc2nc(COCC(=O)O)cc(=O)n12. The van der Waals surface area contributed by atoms with Crippen molar-refractivity contribution < 1.29 is 14.6 Å². The van der Waals surface area contributed by atoms with Gasteiger partial charge in [-0.15, -0.1) is 11.3 Å². The van der Waals surface area contributed by atoms with Crippen molar-refractivity contribution in [1.29, 1.82) is 0 Å². The molecule has 7 heteroatoms. The molecule has 2 aromatic heterocycles. The van der Waals surface area contributed by atoms with Crippen molar-refractivity contribution in [3.8, 4) is 0 Å². The molecule has 0 aromatic carbocycles. The second kappa shape index (κ2) is 4.64. The molecule has 0 bridgehead atoms. The zero-order chi connectivity index (χ0) is 12.4. The van der Waals surface area contributed by atoms with E-state index in [2.05, 4.69) is 4.98 Å². The molecule has 0 saturated heterocycles. The number of aromatic nitrogens is 2. The number of ether oxygens (including phenoxy) is 1. The van der Waals surface area contributed by atoms with Crippen molar-refractivity contribution in [2.45, 2.75) is 13.5 Å². The number of carboxylic acids is 1. The van der Waals surface area contributed by atoms with E-state index in [0.29, 0.717) is 10.7 Å². The third kappa shape index (κ3) is 2.51. The number of fused-ring (bicyclic) bond motifs is 1. The Kier molecular flexibility index (Phi) is 3.21. The Morgan fingerprint density at radius 3 is 3.12 bits per heavy atom. The maximum Gasteiger partial charge on any atom is 0.329 e. The van der Waals surface area contributed by atoms with E-state index in [0.717, 1.165) is 5.69 Å². The monoisotopic (exact) mass is 254 g/mol. The lowest BCUT2D eigenvalue weighted by molar-refractivity contribution is -0.142. The van der Waals surface area contributed by atoms with Crippen LogP contribution in [0.5, 0.6) is 0 Å². The Balaban J connectivity index is 2.25. The highest BCUT2D eigenvalue weighted by Crippen LogP contribution is 2.11. The van der Waals surface area contributed by atoms with Crippen LogP contribution in [0.15, 0.2) is 16.2 Å². The average molecular weight is 254 g/mol. The zero-order valence-electron chi connectivity index (χ0n) is 9.04. The Hall–Kier alpha value is -1.73. The second-order valence-electron chi connectivity index (χ2n) is 3.47. The molecule has 2 heterocycles. The molecular formula is C10H10N2O4S. The van der Waals surface area contributed by atoms with Gasteiger partial charge in [0, 0.05) is 17.1 Å². The first-order chi connectivity index (χ1) is 8.08. The van der Waals surface area contributed by atoms with Gasteiger partial charge in [0.2, 0.25) is 0 Å². The highest BCUT2D eigenvalue weighted by atomic mass is 32.1. The lowest BCUT2D eigenvalue weighted by Crippen LogP contribution is -2.16. The van der Waals surface area contributed by atoms with Crippen LogP contribution in [0, 0.1) is 6.92 Å². The number of hydrogen-bond donors (Lipinski definition) is 1. The van der Waals surface area contributed by atoms with Crippen molar-refractivity contribution in [1.82, 2.24) is 9.38 Å². The van der Waals surface area contributed by atoms with Gasteiger partial charge in [-0.05, 0) is 6.92 Å².